The van der Waals surface area contributed by atoms with E-state index in [0.717, 1.165) is 22.7 Å². The summed E-state index contributed by atoms with van der Waals surface area (Å²) in [6.07, 6.45) is 4.59. The molecule has 0 bridgehead atoms. The Morgan fingerprint density at radius 3 is 2.96 bits per heavy atom. The zero-order valence-electron chi connectivity index (χ0n) is 13.7. The van der Waals surface area contributed by atoms with Gasteiger partial charge in [0.15, 0.2) is 12.4 Å². The van der Waals surface area contributed by atoms with Gasteiger partial charge >= 0.3 is 5.82 Å². The molecular weight excluding hydrogens is 324 g/mol. The zero-order chi connectivity index (χ0) is 18.0. The molecule has 1 N–H and O–H groups in total. The van der Waals surface area contributed by atoms with Crippen LogP contribution in [0.2, 0.25) is 0 Å². The maximum atomic E-state index is 12.0. The van der Waals surface area contributed by atoms with Crippen LogP contribution in [-0.4, -0.2) is 31.2 Å². The van der Waals surface area contributed by atoms with Gasteiger partial charge in [-0.3, -0.25) is 4.79 Å². The fourth-order valence-corrected chi connectivity index (χ4v) is 2.63. The van der Waals surface area contributed by atoms with Crippen LogP contribution >= 0.6 is 0 Å². The smallest absolute Gasteiger partial charge is 0.343 e. The van der Waals surface area contributed by atoms with Crippen LogP contribution in [0.5, 0.6) is 0 Å². The first kappa shape index (κ1) is 16.4. The second kappa shape index (κ2) is 6.56. The topological polar surface area (TPSA) is 107 Å². The van der Waals surface area contributed by atoms with Crippen molar-refractivity contribution in [3.05, 3.63) is 58.2 Å². The highest BCUT2D eigenvalue weighted by Crippen LogP contribution is 2.18. The van der Waals surface area contributed by atoms with Gasteiger partial charge in [-0.15, -0.1) is 0 Å². The average Bonchev–Trinajstić information content (AvgIpc) is 3.09. The highest BCUT2D eigenvalue weighted by molar-refractivity contribution is 5.99. The van der Waals surface area contributed by atoms with E-state index in [1.165, 1.54) is 4.57 Å². The van der Waals surface area contributed by atoms with Gasteiger partial charge in [-0.05, 0) is 11.0 Å². The molecule has 0 radical (unpaired) electrons. The van der Waals surface area contributed by atoms with Crippen molar-refractivity contribution >= 4 is 28.8 Å². The van der Waals surface area contributed by atoms with E-state index >= 15 is 0 Å². The van der Waals surface area contributed by atoms with Crippen molar-refractivity contribution in [2.45, 2.75) is 13.5 Å². The molecule has 0 saturated carbocycles. The Labute approximate surface area is 142 Å². The molecule has 9 heteroatoms. The number of aryl methyl sites for hydroxylation is 2. The summed E-state index contributed by atoms with van der Waals surface area (Å²) in [6.45, 7) is 1.37. The van der Waals surface area contributed by atoms with Gasteiger partial charge in [0.05, 0.1) is 6.21 Å². The number of carbonyl (C=O) groups excluding carboxylic acids is 1. The van der Waals surface area contributed by atoms with Crippen LogP contribution in [0, 0.1) is 17.0 Å². The minimum absolute atomic E-state index is 0.227. The van der Waals surface area contributed by atoms with Crippen LogP contribution < -0.4 is 5.43 Å². The minimum Gasteiger partial charge on any atom is -0.358 e. The van der Waals surface area contributed by atoms with Crippen molar-refractivity contribution in [1.29, 1.82) is 0 Å². The number of hydrazone groups is 1. The summed E-state index contributed by atoms with van der Waals surface area (Å²) in [5.74, 6) is -0.314. The van der Waals surface area contributed by atoms with Gasteiger partial charge in [-0.1, -0.05) is 18.2 Å². The van der Waals surface area contributed by atoms with Crippen LogP contribution in [-0.2, 0) is 18.4 Å². The lowest BCUT2D eigenvalue weighted by atomic mass is 10.2. The molecule has 2 aromatic heterocycles. The third-order valence-corrected chi connectivity index (χ3v) is 3.84. The second-order valence-corrected chi connectivity index (χ2v) is 5.51. The Balaban J connectivity index is 1.71. The molecule has 128 valence electrons. The minimum atomic E-state index is -0.577. The van der Waals surface area contributed by atoms with Crippen LogP contribution in [0.4, 0.5) is 5.82 Å². The quantitative estimate of drug-likeness (QED) is 0.433. The van der Waals surface area contributed by atoms with Gasteiger partial charge < -0.3 is 14.7 Å². The van der Waals surface area contributed by atoms with Crippen molar-refractivity contribution in [3.63, 3.8) is 0 Å². The van der Waals surface area contributed by atoms with E-state index < -0.39 is 10.8 Å². The maximum absolute atomic E-state index is 12.0. The number of fused-ring (bicyclic) bond motifs is 1. The van der Waals surface area contributed by atoms with E-state index in [2.05, 4.69) is 15.5 Å². The number of hydrogen-bond donors (Lipinski definition) is 1. The first-order valence-electron chi connectivity index (χ1n) is 7.50. The number of amides is 1. The number of carbonyl (C=O) groups is 1. The molecule has 25 heavy (non-hydrogen) atoms. The number of benzene rings is 1. The third-order valence-electron chi connectivity index (χ3n) is 3.84. The summed E-state index contributed by atoms with van der Waals surface area (Å²) in [4.78, 5) is 26.2. The Hall–Kier alpha value is -3.49. The van der Waals surface area contributed by atoms with Gasteiger partial charge in [-0.2, -0.15) is 5.10 Å². The fourth-order valence-electron chi connectivity index (χ4n) is 2.63. The Kier molecular flexibility index (Phi) is 4.29. The van der Waals surface area contributed by atoms with Crippen LogP contribution in [0.3, 0.4) is 0 Å². The van der Waals surface area contributed by atoms with Gasteiger partial charge in [0.25, 0.3) is 5.91 Å². The molecule has 0 unspecified atom stereocenters. The molecule has 2 heterocycles. The summed E-state index contributed by atoms with van der Waals surface area (Å²) in [5.41, 5.74) is 4.31. The number of imidazole rings is 1. The molecule has 0 aliphatic carbocycles. The Morgan fingerprint density at radius 2 is 2.20 bits per heavy atom. The molecule has 3 aromatic rings. The normalized spacial score (nSPS) is 11.3. The van der Waals surface area contributed by atoms with E-state index in [0.29, 0.717) is 5.82 Å². The van der Waals surface area contributed by atoms with E-state index in [1.54, 1.807) is 13.1 Å². The summed E-state index contributed by atoms with van der Waals surface area (Å²) < 4.78 is 3.19. The summed E-state index contributed by atoms with van der Waals surface area (Å²) in [5, 5.41) is 15.9. The first-order chi connectivity index (χ1) is 12.0. The van der Waals surface area contributed by atoms with Gasteiger partial charge in [0.1, 0.15) is 6.20 Å². The summed E-state index contributed by atoms with van der Waals surface area (Å²) in [6, 6.07) is 7.84. The molecular formula is C16H16N6O3. The molecule has 1 amide bonds. The van der Waals surface area contributed by atoms with Crippen molar-refractivity contribution in [1.82, 2.24) is 19.5 Å². The fraction of sp³-hybridized carbons (Fsp3) is 0.188. The molecule has 0 aliphatic heterocycles. The van der Waals surface area contributed by atoms with Gasteiger partial charge in [0.2, 0.25) is 0 Å². The number of rotatable bonds is 5. The number of para-hydroxylation sites is 1. The van der Waals surface area contributed by atoms with Crippen molar-refractivity contribution in [2.75, 3.05) is 0 Å². The number of nitrogens with one attached hydrogen (secondary N) is 1. The highest BCUT2D eigenvalue weighted by Gasteiger charge is 2.19. The predicted octanol–water partition coefficient (Wildman–Crippen LogP) is 1.74. The Morgan fingerprint density at radius 1 is 1.44 bits per heavy atom. The van der Waals surface area contributed by atoms with Crippen LogP contribution in [0.25, 0.3) is 10.9 Å². The molecule has 9 nitrogen and oxygen atoms in total. The number of nitro groups is 1. The van der Waals surface area contributed by atoms with Gasteiger partial charge in [-0.25, -0.2) is 15.0 Å². The number of nitrogens with zero attached hydrogens (tertiary/aromatic N) is 5. The first-order valence-corrected chi connectivity index (χ1v) is 7.50. The molecule has 0 fully saturated rings. The van der Waals surface area contributed by atoms with Crippen molar-refractivity contribution in [3.8, 4) is 0 Å². The highest BCUT2D eigenvalue weighted by atomic mass is 16.6. The standard InChI is InChI=1S/C16H16N6O3/c1-11-17-8-16(22(24)25)21(11)10-15(23)19-18-7-12-9-20(2)14-6-4-3-5-13(12)14/h3-9H,10H2,1-2H3,(H,19,23)/b18-7-. The largest absolute Gasteiger partial charge is 0.358 e. The van der Waals surface area contributed by atoms with Gasteiger partial charge in [0, 0.05) is 36.6 Å². The summed E-state index contributed by atoms with van der Waals surface area (Å²) in [7, 11) is 1.93. The molecule has 1 aromatic carbocycles. The van der Waals surface area contributed by atoms with E-state index in [4.69, 9.17) is 0 Å². The van der Waals surface area contributed by atoms with E-state index in [-0.39, 0.29) is 12.4 Å². The van der Waals surface area contributed by atoms with E-state index in [9.17, 15) is 14.9 Å². The average molecular weight is 340 g/mol. The zero-order valence-corrected chi connectivity index (χ0v) is 13.7. The molecule has 3 rings (SSSR count). The lowest BCUT2D eigenvalue weighted by molar-refractivity contribution is -0.392. The van der Waals surface area contributed by atoms with Crippen LogP contribution in [0.15, 0.2) is 41.8 Å². The lowest BCUT2D eigenvalue weighted by Gasteiger charge is -2.01. The third kappa shape index (κ3) is 3.25. The van der Waals surface area contributed by atoms with Crippen molar-refractivity contribution < 1.29 is 9.72 Å². The molecule has 0 spiro atoms. The lowest BCUT2D eigenvalue weighted by Crippen LogP contribution is -2.24. The van der Waals surface area contributed by atoms with Crippen LogP contribution in [0.1, 0.15) is 11.4 Å². The number of aromatic nitrogens is 3. The molecule has 0 saturated heterocycles. The van der Waals surface area contributed by atoms with E-state index in [1.807, 2.05) is 42.1 Å². The SMILES string of the molecule is Cc1ncc([N+](=O)[O-])n1CC(=O)N/N=C\c1cn(C)c2ccccc12. The maximum Gasteiger partial charge on any atom is 0.343 e. The molecule has 0 atom stereocenters. The molecule has 0 aliphatic rings. The summed E-state index contributed by atoms with van der Waals surface area (Å²) >= 11 is 0. The predicted molar refractivity (Wildman–Crippen MR) is 92.3 cm³/mol. The number of hydrogen-bond acceptors (Lipinski definition) is 5. The monoisotopic (exact) mass is 340 g/mol. The Bertz CT molecular complexity index is 985. The second-order valence-electron chi connectivity index (χ2n) is 5.51. The van der Waals surface area contributed by atoms with Crippen molar-refractivity contribution in [2.24, 2.45) is 12.1 Å².